The summed E-state index contributed by atoms with van der Waals surface area (Å²) in [6.45, 7) is 0.324. The summed E-state index contributed by atoms with van der Waals surface area (Å²) in [6, 6.07) is 2.46. The second-order valence-electron chi connectivity index (χ2n) is 3.59. The minimum Gasteiger partial charge on any atom is -0.481 e. The van der Waals surface area contributed by atoms with Crippen LogP contribution < -0.4 is 0 Å². The van der Waals surface area contributed by atoms with E-state index >= 15 is 0 Å². The van der Waals surface area contributed by atoms with Gasteiger partial charge >= 0.3 is 5.97 Å². The number of carbonyl (C=O) groups excluding carboxylic acids is 1. The molecule has 1 aromatic rings. The average Bonchev–Trinajstić information content (AvgIpc) is 2.28. The molecule has 0 bridgehead atoms. The van der Waals surface area contributed by atoms with E-state index < -0.39 is 11.8 Å². The molecule has 0 saturated carbocycles. The van der Waals surface area contributed by atoms with Gasteiger partial charge in [0.1, 0.15) is 11.5 Å². The molecule has 0 aliphatic carbocycles. The highest BCUT2D eigenvalue weighted by Crippen LogP contribution is 2.03. The maximum atomic E-state index is 12.6. The fraction of sp³-hybridized carbons (Fsp3) is 0.364. The molecule has 1 aromatic heterocycles. The summed E-state index contributed by atoms with van der Waals surface area (Å²) in [7, 11) is 1.55. The van der Waals surface area contributed by atoms with E-state index in [1.165, 1.54) is 11.0 Å². The van der Waals surface area contributed by atoms with E-state index in [0.717, 1.165) is 12.3 Å². The number of carbonyl (C=O) groups is 2. The van der Waals surface area contributed by atoms with Crippen molar-refractivity contribution in [3.63, 3.8) is 0 Å². The smallest absolute Gasteiger partial charge is 0.303 e. The quantitative estimate of drug-likeness (QED) is 0.838. The summed E-state index contributed by atoms with van der Waals surface area (Å²) in [5, 5.41) is 8.46. The Labute approximate surface area is 97.9 Å². The van der Waals surface area contributed by atoms with Crippen LogP contribution in [0.4, 0.5) is 4.39 Å². The van der Waals surface area contributed by atoms with Crippen LogP contribution in [-0.2, 0) is 4.79 Å². The van der Waals surface area contributed by atoms with Crippen molar-refractivity contribution in [2.75, 3.05) is 13.6 Å². The Morgan fingerprint density at radius 3 is 2.71 bits per heavy atom. The summed E-state index contributed by atoms with van der Waals surface area (Å²) in [6.07, 6.45) is 1.35. The zero-order valence-corrected chi connectivity index (χ0v) is 9.39. The molecule has 1 amide bonds. The van der Waals surface area contributed by atoms with Gasteiger partial charge in [-0.05, 0) is 18.6 Å². The fourth-order valence-electron chi connectivity index (χ4n) is 1.27. The average molecular weight is 240 g/mol. The molecule has 0 saturated heterocycles. The lowest BCUT2D eigenvalue weighted by molar-refractivity contribution is -0.137. The molecule has 92 valence electrons. The SMILES string of the molecule is CN(CCCC(=O)O)C(=O)c1ccc(F)cn1. The molecule has 5 nitrogen and oxygen atoms in total. The number of pyridine rings is 1. The van der Waals surface area contributed by atoms with Gasteiger partial charge in [-0.25, -0.2) is 9.37 Å². The molecule has 1 rings (SSSR count). The van der Waals surface area contributed by atoms with Crippen molar-refractivity contribution in [1.82, 2.24) is 9.88 Å². The van der Waals surface area contributed by atoms with Crippen molar-refractivity contribution in [3.8, 4) is 0 Å². The van der Waals surface area contributed by atoms with Gasteiger partial charge in [0.25, 0.3) is 5.91 Å². The van der Waals surface area contributed by atoms with Gasteiger partial charge in [0.2, 0.25) is 0 Å². The number of nitrogens with zero attached hydrogens (tertiary/aromatic N) is 2. The standard InChI is InChI=1S/C11H13FN2O3/c1-14(6-2-3-10(15)16)11(17)9-5-4-8(12)7-13-9/h4-5,7H,2-3,6H2,1H3,(H,15,16). The molecule has 1 N–H and O–H groups in total. The van der Waals surface area contributed by atoms with Crippen LogP contribution in [-0.4, -0.2) is 40.5 Å². The van der Waals surface area contributed by atoms with E-state index in [2.05, 4.69) is 4.98 Å². The molecule has 6 heteroatoms. The van der Waals surface area contributed by atoms with Gasteiger partial charge in [-0.3, -0.25) is 9.59 Å². The molecule has 0 spiro atoms. The summed E-state index contributed by atoms with van der Waals surface area (Å²) >= 11 is 0. The molecule has 0 aliphatic rings. The molecule has 0 aliphatic heterocycles. The van der Waals surface area contributed by atoms with E-state index in [1.54, 1.807) is 7.05 Å². The highest BCUT2D eigenvalue weighted by Gasteiger charge is 2.13. The third kappa shape index (κ3) is 4.18. The highest BCUT2D eigenvalue weighted by molar-refractivity contribution is 5.92. The van der Waals surface area contributed by atoms with E-state index in [1.807, 2.05) is 0 Å². The normalized spacial score (nSPS) is 10.0. The van der Waals surface area contributed by atoms with Crippen LogP contribution in [0, 0.1) is 5.82 Å². The predicted octanol–water partition coefficient (Wildman–Crippen LogP) is 1.16. The van der Waals surface area contributed by atoms with Crippen molar-refractivity contribution in [2.24, 2.45) is 0 Å². The monoisotopic (exact) mass is 240 g/mol. The fourth-order valence-corrected chi connectivity index (χ4v) is 1.27. The second kappa shape index (κ2) is 5.93. The van der Waals surface area contributed by atoms with Crippen LogP contribution in [0.3, 0.4) is 0 Å². The van der Waals surface area contributed by atoms with Crippen molar-refractivity contribution in [2.45, 2.75) is 12.8 Å². The van der Waals surface area contributed by atoms with Gasteiger partial charge in [0, 0.05) is 20.0 Å². The van der Waals surface area contributed by atoms with Gasteiger partial charge < -0.3 is 10.0 Å². The van der Waals surface area contributed by atoms with Gasteiger partial charge in [-0.15, -0.1) is 0 Å². The molecular weight excluding hydrogens is 227 g/mol. The largest absolute Gasteiger partial charge is 0.481 e. The lowest BCUT2D eigenvalue weighted by atomic mass is 10.2. The van der Waals surface area contributed by atoms with Gasteiger partial charge in [-0.1, -0.05) is 0 Å². The molecule has 0 atom stereocenters. The molecule has 0 unspecified atom stereocenters. The van der Waals surface area contributed by atoms with Crippen LogP contribution >= 0.6 is 0 Å². The maximum absolute atomic E-state index is 12.6. The molecular formula is C11H13FN2O3. The number of carboxylic acid groups (broad SMARTS) is 1. The van der Waals surface area contributed by atoms with Crippen LogP contribution in [0.25, 0.3) is 0 Å². The Hall–Kier alpha value is -1.98. The number of rotatable bonds is 5. The van der Waals surface area contributed by atoms with Crippen LogP contribution in [0.15, 0.2) is 18.3 Å². The van der Waals surface area contributed by atoms with E-state index in [4.69, 9.17) is 5.11 Å². The predicted molar refractivity (Wildman–Crippen MR) is 58.0 cm³/mol. The number of amides is 1. The first-order chi connectivity index (χ1) is 8.00. The zero-order chi connectivity index (χ0) is 12.8. The Bertz CT molecular complexity index is 406. The van der Waals surface area contributed by atoms with Crippen molar-refractivity contribution in [1.29, 1.82) is 0 Å². The Morgan fingerprint density at radius 1 is 1.47 bits per heavy atom. The Balaban J connectivity index is 2.51. The first-order valence-electron chi connectivity index (χ1n) is 5.09. The minimum atomic E-state index is -0.897. The number of carboxylic acids is 1. The Kier molecular flexibility index (Phi) is 4.56. The third-order valence-corrected chi connectivity index (χ3v) is 2.18. The molecule has 0 aromatic carbocycles. The molecule has 1 heterocycles. The minimum absolute atomic E-state index is 0.00840. The first-order valence-corrected chi connectivity index (χ1v) is 5.09. The molecule has 0 radical (unpaired) electrons. The van der Waals surface area contributed by atoms with Gasteiger partial charge in [0.15, 0.2) is 0 Å². The number of hydrogen-bond donors (Lipinski definition) is 1. The maximum Gasteiger partial charge on any atom is 0.303 e. The van der Waals surface area contributed by atoms with Crippen molar-refractivity contribution in [3.05, 3.63) is 29.8 Å². The van der Waals surface area contributed by atoms with Crippen LogP contribution in [0.5, 0.6) is 0 Å². The van der Waals surface area contributed by atoms with E-state index in [-0.39, 0.29) is 18.0 Å². The Morgan fingerprint density at radius 2 is 2.18 bits per heavy atom. The van der Waals surface area contributed by atoms with Gasteiger partial charge in [-0.2, -0.15) is 0 Å². The lowest BCUT2D eigenvalue weighted by Crippen LogP contribution is -2.28. The second-order valence-corrected chi connectivity index (χ2v) is 3.59. The number of hydrogen-bond acceptors (Lipinski definition) is 3. The number of aromatic nitrogens is 1. The first kappa shape index (κ1) is 13.1. The van der Waals surface area contributed by atoms with Gasteiger partial charge in [0.05, 0.1) is 6.20 Å². The number of halogens is 1. The van der Waals surface area contributed by atoms with E-state index in [0.29, 0.717) is 13.0 Å². The van der Waals surface area contributed by atoms with Crippen LogP contribution in [0.1, 0.15) is 23.3 Å². The van der Waals surface area contributed by atoms with Crippen LogP contribution in [0.2, 0.25) is 0 Å². The number of aliphatic carboxylic acids is 1. The molecule has 0 fully saturated rings. The van der Waals surface area contributed by atoms with Crippen molar-refractivity contribution < 1.29 is 19.1 Å². The van der Waals surface area contributed by atoms with Crippen molar-refractivity contribution >= 4 is 11.9 Å². The molecule has 17 heavy (non-hydrogen) atoms. The lowest BCUT2D eigenvalue weighted by Gasteiger charge is -2.15. The topological polar surface area (TPSA) is 70.5 Å². The zero-order valence-electron chi connectivity index (χ0n) is 9.39. The summed E-state index contributed by atoms with van der Waals surface area (Å²) in [5.41, 5.74) is 0.143. The summed E-state index contributed by atoms with van der Waals surface area (Å²) in [4.78, 5) is 27.1. The third-order valence-electron chi connectivity index (χ3n) is 2.18. The highest BCUT2D eigenvalue weighted by atomic mass is 19.1. The summed E-state index contributed by atoms with van der Waals surface area (Å²) < 4.78 is 12.6. The van der Waals surface area contributed by atoms with E-state index in [9.17, 15) is 14.0 Å². The summed E-state index contributed by atoms with van der Waals surface area (Å²) in [5.74, 6) is -1.75.